The molecule has 0 aliphatic heterocycles. The Balaban J connectivity index is 1.85. The Morgan fingerprint density at radius 3 is 2.12 bits per heavy atom. The number of hydrogen-bond acceptors (Lipinski definition) is 3. The van der Waals surface area contributed by atoms with E-state index in [1.165, 1.54) is 19.2 Å². The molecule has 4 rings (SSSR count). The van der Waals surface area contributed by atoms with Gasteiger partial charge in [-0.15, -0.1) is 0 Å². The largest absolute Gasteiger partial charge is 0.481 e. The highest BCUT2D eigenvalue weighted by molar-refractivity contribution is 6.12. The molecule has 0 spiro atoms. The van der Waals surface area contributed by atoms with E-state index in [4.69, 9.17) is 4.74 Å². The van der Waals surface area contributed by atoms with E-state index in [0.29, 0.717) is 24.2 Å². The van der Waals surface area contributed by atoms with Gasteiger partial charge in [0.1, 0.15) is 5.82 Å². The third kappa shape index (κ3) is 7.30. The number of aromatic nitrogens is 1. The van der Waals surface area contributed by atoms with E-state index in [0.717, 1.165) is 40.9 Å². The van der Waals surface area contributed by atoms with Crippen LogP contribution in [0.25, 0.3) is 22.4 Å². The molecule has 0 fully saturated rings. The van der Waals surface area contributed by atoms with Crippen LogP contribution in [0.3, 0.4) is 0 Å². The molecule has 214 valence electrons. The average molecular weight is 557 g/mol. The fourth-order valence-corrected chi connectivity index (χ4v) is 5.35. The van der Waals surface area contributed by atoms with Crippen LogP contribution in [0.15, 0.2) is 84.9 Å². The Morgan fingerprint density at radius 2 is 1.54 bits per heavy atom. The minimum absolute atomic E-state index is 0.00178. The highest BCUT2D eigenvalue weighted by atomic mass is 19.1. The Hall–Kier alpha value is -4.23. The third-order valence-electron chi connectivity index (χ3n) is 7.18. The highest BCUT2D eigenvalue weighted by Gasteiger charge is 2.30. The number of methoxy groups -OCH3 is 1. The summed E-state index contributed by atoms with van der Waals surface area (Å²) in [7, 11) is 1.53. The van der Waals surface area contributed by atoms with E-state index in [2.05, 4.69) is 23.7 Å². The number of ether oxygens (including phenoxy) is 1. The first-order chi connectivity index (χ1) is 19.8. The molecule has 41 heavy (non-hydrogen) atoms. The SMILES string of the molecule is CO[C@H](CCCCn1c(-c2ccc(F)cc2)c(-c2ccccc2)c(C(=O)Nc2ccccc2)c1C(C)C)CC(=O)O. The molecular formula is C34H37FN2O4. The van der Waals surface area contributed by atoms with Crippen molar-refractivity contribution in [3.63, 3.8) is 0 Å². The third-order valence-corrected chi connectivity index (χ3v) is 7.18. The van der Waals surface area contributed by atoms with E-state index in [1.54, 1.807) is 12.1 Å². The number of carbonyl (C=O) groups excluding carboxylic acids is 1. The van der Waals surface area contributed by atoms with Crippen LogP contribution in [-0.2, 0) is 16.1 Å². The van der Waals surface area contributed by atoms with E-state index in [9.17, 15) is 19.1 Å². The van der Waals surface area contributed by atoms with Crippen molar-refractivity contribution < 1.29 is 23.8 Å². The van der Waals surface area contributed by atoms with Gasteiger partial charge in [-0.05, 0) is 72.7 Å². The van der Waals surface area contributed by atoms with Crippen LogP contribution in [0.5, 0.6) is 0 Å². The highest BCUT2D eigenvalue weighted by Crippen LogP contribution is 2.42. The van der Waals surface area contributed by atoms with Gasteiger partial charge in [-0.2, -0.15) is 0 Å². The summed E-state index contributed by atoms with van der Waals surface area (Å²) in [5.74, 6) is -1.42. The number of benzene rings is 3. The van der Waals surface area contributed by atoms with E-state index in [1.807, 2.05) is 60.7 Å². The fraction of sp³-hybridized carbons (Fsp3) is 0.294. The maximum atomic E-state index is 14.1. The summed E-state index contributed by atoms with van der Waals surface area (Å²) in [5, 5.41) is 12.3. The lowest BCUT2D eigenvalue weighted by Crippen LogP contribution is -2.17. The molecule has 1 amide bonds. The molecular weight excluding hydrogens is 519 g/mol. The molecule has 4 aromatic rings. The molecule has 1 heterocycles. The van der Waals surface area contributed by atoms with Gasteiger partial charge >= 0.3 is 5.97 Å². The molecule has 3 aromatic carbocycles. The van der Waals surface area contributed by atoms with E-state index >= 15 is 0 Å². The normalized spacial score (nSPS) is 11.9. The van der Waals surface area contributed by atoms with Crippen molar-refractivity contribution in [3.8, 4) is 22.4 Å². The van der Waals surface area contributed by atoms with Gasteiger partial charge in [0.05, 0.1) is 23.8 Å². The van der Waals surface area contributed by atoms with Gasteiger partial charge in [-0.1, -0.05) is 62.4 Å². The van der Waals surface area contributed by atoms with Crippen LogP contribution >= 0.6 is 0 Å². The number of nitrogens with one attached hydrogen (secondary N) is 1. The molecule has 0 radical (unpaired) electrons. The van der Waals surface area contributed by atoms with Gasteiger partial charge in [-0.25, -0.2) is 4.39 Å². The van der Waals surface area contributed by atoms with Crippen molar-refractivity contribution in [2.24, 2.45) is 0 Å². The molecule has 1 atom stereocenters. The smallest absolute Gasteiger partial charge is 0.305 e. The second-order valence-corrected chi connectivity index (χ2v) is 10.4. The van der Waals surface area contributed by atoms with Gasteiger partial charge in [0.25, 0.3) is 5.91 Å². The summed E-state index contributed by atoms with van der Waals surface area (Å²) in [6.07, 6.45) is 1.71. The average Bonchev–Trinajstić information content (AvgIpc) is 3.31. The molecule has 0 saturated carbocycles. The molecule has 0 aliphatic carbocycles. The summed E-state index contributed by atoms with van der Waals surface area (Å²) in [6.45, 7) is 4.74. The maximum Gasteiger partial charge on any atom is 0.305 e. The quantitative estimate of drug-likeness (QED) is 0.164. The minimum Gasteiger partial charge on any atom is -0.481 e. The van der Waals surface area contributed by atoms with E-state index < -0.39 is 5.97 Å². The molecule has 7 heteroatoms. The Bertz CT molecular complexity index is 1450. The molecule has 6 nitrogen and oxygen atoms in total. The predicted octanol–water partition coefficient (Wildman–Crippen LogP) is 8.00. The van der Waals surface area contributed by atoms with Gasteiger partial charge < -0.3 is 19.7 Å². The minimum atomic E-state index is -0.885. The second kappa shape index (κ2) is 13.9. The first-order valence-corrected chi connectivity index (χ1v) is 14.0. The standard InChI is InChI=1S/C34H37FN2O4/c1-23(2)32-31(34(40)36-27-14-8-5-9-15-27)30(24-12-6-4-7-13-24)33(25-17-19-26(35)20-18-25)37(32)21-11-10-16-28(41-3)22-29(38)39/h4-9,12-15,17-20,23,28H,10-11,16,21-22H2,1-3H3,(H,36,40)(H,38,39)/t28-/m1/s1. The van der Waals surface area contributed by atoms with Gasteiger partial charge in [0, 0.05) is 30.6 Å². The van der Waals surface area contributed by atoms with Crippen LogP contribution in [0, 0.1) is 5.82 Å². The molecule has 0 saturated heterocycles. The van der Waals surface area contributed by atoms with Crippen molar-refractivity contribution in [2.45, 2.75) is 58.1 Å². The lowest BCUT2D eigenvalue weighted by molar-refractivity contribution is -0.139. The maximum absolute atomic E-state index is 14.1. The summed E-state index contributed by atoms with van der Waals surface area (Å²) >= 11 is 0. The van der Waals surface area contributed by atoms with Crippen LogP contribution in [0.1, 0.15) is 61.5 Å². The van der Waals surface area contributed by atoms with Crippen LogP contribution in [-0.4, -0.2) is 34.8 Å². The number of anilines is 1. The number of amides is 1. The lowest BCUT2D eigenvalue weighted by atomic mass is 9.94. The Kier molecular flexibility index (Phi) is 10.1. The van der Waals surface area contributed by atoms with Crippen LogP contribution in [0.4, 0.5) is 10.1 Å². The van der Waals surface area contributed by atoms with Gasteiger partial charge in [0.2, 0.25) is 0 Å². The zero-order valence-electron chi connectivity index (χ0n) is 23.8. The number of halogens is 1. The number of hydrogen-bond donors (Lipinski definition) is 2. The summed E-state index contributed by atoms with van der Waals surface area (Å²) in [5.41, 5.74) is 5.55. The number of carboxylic acid groups (broad SMARTS) is 1. The number of para-hydroxylation sites is 1. The van der Waals surface area contributed by atoms with Crippen molar-refractivity contribution in [3.05, 3.63) is 102 Å². The molecule has 0 aliphatic rings. The number of nitrogens with zero attached hydrogens (tertiary/aromatic N) is 1. The molecule has 0 unspecified atom stereocenters. The lowest BCUT2D eigenvalue weighted by Gasteiger charge is -2.18. The zero-order valence-corrected chi connectivity index (χ0v) is 23.8. The number of rotatable bonds is 13. The van der Waals surface area contributed by atoms with Crippen molar-refractivity contribution in [2.75, 3.05) is 12.4 Å². The Morgan fingerprint density at radius 1 is 0.902 bits per heavy atom. The first-order valence-electron chi connectivity index (χ1n) is 14.0. The van der Waals surface area contributed by atoms with Gasteiger partial charge in [-0.3, -0.25) is 9.59 Å². The summed E-state index contributed by atoms with van der Waals surface area (Å²) < 4.78 is 21.6. The number of carbonyl (C=O) groups is 2. The monoisotopic (exact) mass is 556 g/mol. The topological polar surface area (TPSA) is 80.6 Å². The molecule has 0 bridgehead atoms. The van der Waals surface area contributed by atoms with Crippen molar-refractivity contribution in [1.29, 1.82) is 0 Å². The number of aliphatic carboxylic acids is 1. The second-order valence-electron chi connectivity index (χ2n) is 10.4. The number of carboxylic acids is 1. The zero-order chi connectivity index (χ0) is 29.4. The van der Waals surface area contributed by atoms with E-state index in [-0.39, 0.29) is 30.2 Å². The molecule has 1 aromatic heterocycles. The first kappa shape index (κ1) is 29.7. The van der Waals surface area contributed by atoms with Crippen LogP contribution < -0.4 is 5.32 Å². The van der Waals surface area contributed by atoms with Crippen molar-refractivity contribution >= 4 is 17.6 Å². The van der Waals surface area contributed by atoms with Crippen LogP contribution in [0.2, 0.25) is 0 Å². The molecule has 2 N–H and O–H groups in total. The predicted molar refractivity (Wildman–Crippen MR) is 161 cm³/mol. The summed E-state index contributed by atoms with van der Waals surface area (Å²) in [6, 6.07) is 25.6. The summed E-state index contributed by atoms with van der Waals surface area (Å²) in [4.78, 5) is 25.3. The van der Waals surface area contributed by atoms with Gasteiger partial charge in [0.15, 0.2) is 0 Å². The number of unbranched alkanes of at least 4 members (excludes halogenated alkanes) is 1. The van der Waals surface area contributed by atoms with Crippen molar-refractivity contribution in [1.82, 2.24) is 4.57 Å². The fourth-order valence-electron chi connectivity index (χ4n) is 5.35. The Labute approximate surface area is 240 Å².